The first kappa shape index (κ1) is 12.0. The van der Waals surface area contributed by atoms with Crippen LogP contribution >= 0.6 is 0 Å². The molecule has 1 fully saturated rings. The molecule has 1 heterocycles. The van der Waals surface area contributed by atoms with Crippen molar-refractivity contribution in [3.05, 3.63) is 18.2 Å². The van der Waals surface area contributed by atoms with Gasteiger partial charge in [-0.3, -0.25) is 0 Å². The van der Waals surface area contributed by atoms with Gasteiger partial charge in [0.2, 0.25) is 0 Å². The first-order valence-corrected chi connectivity index (χ1v) is 5.97. The highest BCUT2D eigenvalue weighted by atomic mass is 16.5. The molecular weight excluding hydrogens is 218 g/mol. The molecule has 0 spiro atoms. The highest BCUT2D eigenvalue weighted by molar-refractivity contribution is 5.51. The topological polar surface area (TPSA) is 53.7 Å². The molecule has 0 amide bonds. The summed E-state index contributed by atoms with van der Waals surface area (Å²) in [5.74, 6) is 1.39. The number of benzene rings is 1. The number of nitrogens with two attached hydrogens (primary N) is 1. The minimum Gasteiger partial charge on any atom is -0.493 e. The predicted octanol–water partition coefficient (Wildman–Crippen LogP) is 2.23. The fraction of sp³-hybridized carbons (Fsp3) is 0.538. The van der Waals surface area contributed by atoms with Crippen LogP contribution in [0.2, 0.25) is 0 Å². The third-order valence-electron chi connectivity index (χ3n) is 2.89. The SMILES string of the molecule is COc1cc(N)ccc1OCC1CCCCO1. The largest absolute Gasteiger partial charge is 0.493 e. The number of hydrogen-bond acceptors (Lipinski definition) is 4. The quantitative estimate of drug-likeness (QED) is 0.816. The van der Waals surface area contributed by atoms with E-state index in [1.807, 2.05) is 6.07 Å². The Balaban J connectivity index is 1.93. The van der Waals surface area contributed by atoms with Gasteiger partial charge in [-0.2, -0.15) is 0 Å². The second-order valence-electron chi connectivity index (χ2n) is 4.21. The molecule has 2 rings (SSSR count). The van der Waals surface area contributed by atoms with Gasteiger partial charge in [-0.25, -0.2) is 0 Å². The van der Waals surface area contributed by atoms with Gasteiger partial charge in [0, 0.05) is 18.4 Å². The molecule has 17 heavy (non-hydrogen) atoms. The van der Waals surface area contributed by atoms with Gasteiger partial charge < -0.3 is 19.9 Å². The van der Waals surface area contributed by atoms with Gasteiger partial charge in [0.1, 0.15) is 6.61 Å². The van der Waals surface area contributed by atoms with Crippen molar-refractivity contribution in [1.29, 1.82) is 0 Å². The lowest BCUT2D eigenvalue weighted by atomic mass is 10.1. The lowest BCUT2D eigenvalue weighted by molar-refractivity contribution is -0.0114. The third kappa shape index (κ3) is 3.27. The average Bonchev–Trinajstić information content (AvgIpc) is 2.38. The van der Waals surface area contributed by atoms with Gasteiger partial charge in [-0.1, -0.05) is 0 Å². The van der Waals surface area contributed by atoms with Gasteiger partial charge >= 0.3 is 0 Å². The smallest absolute Gasteiger partial charge is 0.162 e. The van der Waals surface area contributed by atoms with Gasteiger partial charge in [0.25, 0.3) is 0 Å². The number of rotatable bonds is 4. The maximum atomic E-state index is 5.72. The Morgan fingerprint density at radius 2 is 2.24 bits per heavy atom. The van der Waals surface area contributed by atoms with Crippen LogP contribution in [0.1, 0.15) is 19.3 Å². The van der Waals surface area contributed by atoms with E-state index in [0.717, 1.165) is 25.2 Å². The Morgan fingerprint density at radius 3 is 2.94 bits per heavy atom. The molecule has 0 radical (unpaired) electrons. The van der Waals surface area contributed by atoms with Crippen LogP contribution in [0.25, 0.3) is 0 Å². The van der Waals surface area contributed by atoms with Crippen molar-refractivity contribution in [2.75, 3.05) is 26.1 Å². The van der Waals surface area contributed by atoms with Crippen molar-refractivity contribution in [3.8, 4) is 11.5 Å². The number of ether oxygens (including phenoxy) is 3. The molecule has 1 aliphatic heterocycles. The molecule has 0 bridgehead atoms. The Bertz CT molecular complexity index is 362. The lowest BCUT2D eigenvalue weighted by Gasteiger charge is -2.23. The summed E-state index contributed by atoms with van der Waals surface area (Å²) in [6.45, 7) is 1.41. The standard InChI is InChI=1S/C13H19NO3/c1-15-13-8-10(14)5-6-12(13)17-9-11-4-2-3-7-16-11/h5-6,8,11H,2-4,7,9,14H2,1H3. The third-order valence-corrected chi connectivity index (χ3v) is 2.89. The summed E-state index contributed by atoms with van der Waals surface area (Å²) in [6.07, 6.45) is 3.64. The fourth-order valence-corrected chi connectivity index (χ4v) is 1.92. The second-order valence-corrected chi connectivity index (χ2v) is 4.21. The number of hydrogen-bond donors (Lipinski definition) is 1. The van der Waals surface area contributed by atoms with Crippen LogP contribution in [0.3, 0.4) is 0 Å². The molecule has 4 nitrogen and oxygen atoms in total. The molecule has 94 valence electrons. The van der Waals surface area contributed by atoms with E-state index >= 15 is 0 Å². The molecule has 2 N–H and O–H groups in total. The lowest BCUT2D eigenvalue weighted by Crippen LogP contribution is -2.25. The molecule has 1 atom stereocenters. The Morgan fingerprint density at radius 1 is 1.35 bits per heavy atom. The van der Waals surface area contributed by atoms with Crippen LogP contribution in [0.15, 0.2) is 18.2 Å². The van der Waals surface area contributed by atoms with E-state index in [0.29, 0.717) is 18.0 Å². The van der Waals surface area contributed by atoms with Crippen molar-refractivity contribution >= 4 is 5.69 Å². The van der Waals surface area contributed by atoms with Crippen molar-refractivity contribution in [2.24, 2.45) is 0 Å². The van der Waals surface area contributed by atoms with Gasteiger partial charge in [0.05, 0.1) is 13.2 Å². The molecule has 0 aliphatic carbocycles. The zero-order valence-electron chi connectivity index (χ0n) is 10.1. The summed E-state index contributed by atoms with van der Waals surface area (Å²) in [5.41, 5.74) is 6.35. The molecule has 1 saturated heterocycles. The summed E-state index contributed by atoms with van der Waals surface area (Å²) >= 11 is 0. The minimum atomic E-state index is 0.200. The summed E-state index contributed by atoms with van der Waals surface area (Å²) in [6, 6.07) is 5.40. The fourth-order valence-electron chi connectivity index (χ4n) is 1.92. The zero-order chi connectivity index (χ0) is 12.1. The van der Waals surface area contributed by atoms with Crippen LogP contribution in [0.4, 0.5) is 5.69 Å². The molecule has 1 aromatic carbocycles. The van der Waals surface area contributed by atoms with Gasteiger partial charge in [-0.05, 0) is 31.4 Å². The van der Waals surface area contributed by atoms with Gasteiger partial charge in [-0.15, -0.1) is 0 Å². The molecule has 0 saturated carbocycles. The monoisotopic (exact) mass is 237 g/mol. The van der Waals surface area contributed by atoms with Crippen molar-refractivity contribution < 1.29 is 14.2 Å². The molecule has 1 aliphatic rings. The first-order chi connectivity index (χ1) is 8.29. The van der Waals surface area contributed by atoms with E-state index in [2.05, 4.69) is 0 Å². The maximum absolute atomic E-state index is 5.72. The number of methoxy groups -OCH3 is 1. The summed E-state index contributed by atoms with van der Waals surface area (Å²) < 4.78 is 16.5. The molecule has 4 heteroatoms. The molecule has 0 aromatic heterocycles. The van der Waals surface area contributed by atoms with Crippen molar-refractivity contribution in [2.45, 2.75) is 25.4 Å². The highest BCUT2D eigenvalue weighted by Crippen LogP contribution is 2.29. The molecule has 1 unspecified atom stereocenters. The number of anilines is 1. The molecular formula is C13H19NO3. The first-order valence-electron chi connectivity index (χ1n) is 5.97. The normalized spacial score (nSPS) is 19.9. The van der Waals surface area contributed by atoms with E-state index in [-0.39, 0.29) is 6.10 Å². The van der Waals surface area contributed by atoms with Crippen LogP contribution in [-0.4, -0.2) is 26.4 Å². The van der Waals surface area contributed by atoms with E-state index in [9.17, 15) is 0 Å². The maximum Gasteiger partial charge on any atom is 0.162 e. The van der Waals surface area contributed by atoms with Crippen LogP contribution < -0.4 is 15.2 Å². The average molecular weight is 237 g/mol. The van der Waals surface area contributed by atoms with Crippen molar-refractivity contribution in [3.63, 3.8) is 0 Å². The summed E-state index contributed by atoms with van der Waals surface area (Å²) in [7, 11) is 1.61. The Labute approximate surface area is 102 Å². The summed E-state index contributed by atoms with van der Waals surface area (Å²) in [5, 5.41) is 0. The Kier molecular flexibility index (Phi) is 4.09. The zero-order valence-corrected chi connectivity index (χ0v) is 10.1. The van der Waals surface area contributed by atoms with Crippen molar-refractivity contribution in [1.82, 2.24) is 0 Å². The number of nitrogen functional groups attached to an aromatic ring is 1. The summed E-state index contributed by atoms with van der Waals surface area (Å²) in [4.78, 5) is 0. The van der Waals surface area contributed by atoms with Crippen LogP contribution in [-0.2, 0) is 4.74 Å². The highest BCUT2D eigenvalue weighted by Gasteiger charge is 2.15. The Hall–Kier alpha value is -1.42. The van der Waals surface area contributed by atoms with E-state index in [1.165, 1.54) is 6.42 Å². The van der Waals surface area contributed by atoms with Gasteiger partial charge in [0.15, 0.2) is 11.5 Å². The van der Waals surface area contributed by atoms with E-state index in [4.69, 9.17) is 19.9 Å². The molecule has 1 aromatic rings. The predicted molar refractivity (Wildman–Crippen MR) is 66.5 cm³/mol. The van der Waals surface area contributed by atoms with Crippen LogP contribution in [0, 0.1) is 0 Å². The second kappa shape index (κ2) is 5.77. The van der Waals surface area contributed by atoms with Crippen LogP contribution in [0.5, 0.6) is 11.5 Å². The van der Waals surface area contributed by atoms with E-state index in [1.54, 1.807) is 19.2 Å². The minimum absolute atomic E-state index is 0.200. The van der Waals surface area contributed by atoms with E-state index < -0.39 is 0 Å².